The van der Waals surface area contributed by atoms with Crippen LogP contribution in [-0.2, 0) is 9.84 Å². The molecule has 1 aromatic carbocycles. The normalized spacial score (nSPS) is 11.2. The van der Waals surface area contributed by atoms with Gasteiger partial charge in [0.05, 0.1) is 12.4 Å². The van der Waals surface area contributed by atoms with Gasteiger partial charge in [-0.05, 0) is 18.2 Å². The monoisotopic (exact) mass is 306 g/mol. The van der Waals surface area contributed by atoms with E-state index < -0.39 is 9.84 Å². The van der Waals surface area contributed by atoms with Crippen LogP contribution < -0.4 is 4.74 Å². The lowest BCUT2D eigenvalue weighted by atomic mass is 10.1. The van der Waals surface area contributed by atoms with Crippen LogP contribution in [0.1, 0.15) is 10.4 Å². The van der Waals surface area contributed by atoms with E-state index in [1.165, 1.54) is 25.3 Å². The fraction of sp³-hybridized carbons (Fsp3) is 0.300. The summed E-state index contributed by atoms with van der Waals surface area (Å²) in [5.41, 5.74) is 0.345. The van der Waals surface area contributed by atoms with Gasteiger partial charge in [-0.2, -0.15) is 0 Å². The first kappa shape index (κ1) is 13.2. The average Bonchev–Trinajstić information content (AvgIpc) is 2.26. The van der Waals surface area contributed by atoms with Gasteiger partial charge in [-0.1, -0.05) is 15.9 Å². The Hall–Kier alpha value is -0.880. The van der Waals surface area contributed by atoms with Gasteiger partial charge in [-0.25, -0.2) is 8.42 Å². The van der Waals surface area contributed by atoms with Crippen LogP contribution in [0.3, 0.4) is 0 Å². The van der Waals surface area contributed by atoms with Crippen molar-refractivity contribution >= 4 is 31.6 Å². The average molecular weight is 307 g/mol. The van der Waals surface area contributed by atoms with E-state index >= 15 is 0 Å². The number of ketones is 1. The van der Waals surface area contributed by atoms with Gasteiger partial charge in [0.2, 0.25) is 0 Å². The van der Waals surface area contributed by atoms with Crippen LogP contribution in [0.4, 0.5) is 0 Å². The van der Waals surface area contributed by atoms with Gasteiger partial charge in [0.25, 0.3) is 0 Å². The third kappa shape index (κ3) is 2.82. The Bertz CT molecular complexity index is 508. The second kappa shape index (κ2) is 4.97. The summed E-state index contributed by atoms with van der Waals surface area (Å²) in [6, 6.07) is 4.35. The Kier molecular flexibility index (Phi) is 4.09. The predicted octanol–water partition coefficient (Wildman–Crippen LogP) is 1.68. The highest BCUT2D eigenvalue weighted by Gasteiger charge is 2.16. The maximum atomic E-state index is 11.5. The van der Waals surface area contributed by atoms with Gasteiger partial charge >= 0.3 is 0 Å². The van der Waals surface area contributed by atoms with E-state index in [9.17, 15) is 13.2 Å². The van der Waals surface area contributed by atoms with E-state index in [1.807, 2.05) is 0 Å². The summed E-state index contributed by atoms with van der Waals surface area (Å²) in [4.78, 5) is 11.4. The molecule has 0 aromatic heterocycles. The van der Waals surface area contributed by atoms with Crippen LogP contribution in [0.5, 0.6) is 5.75 Å². The van der Waals surface area contributed by atoms with Crippen molar-refractivity contribution in [2.75, 3.05) is 18.7 Å². The zero-order chi connectivity index (χ0) is 12.3. The molecule has 0 aliphatic carbocycles. The number of hydrogen-bond donors (Lipinski definition) is 0. The zero-order valence-corrected chi connectivity index (χ0v) is 11.3. The molecule has 0 saturated heterocycles. The van der Waals surface area contributed by atoms with Gasteiger partial charge < -0.3 is 4.74 Å². The van der Waals surface area contributed by atoms with Crippen LogP contribution in [0, 0.1) is 0 Å². The summed E-state index contributed by atoms with van der Waals surface area (Å²) in [6.07, 6.45) is 1.08. The molecule has 16 heavy (non-hydrogen) atoms. The molecule has 0 bridgehead atoms. The van der Waals surface area contributed by atoms with Crippen molar-refractivity contribution in [1.29, 1.82) is 0 Å². The minimum atomic E-state index is -3.40. The van der Waals surface area contributed by atoms with Crippen molar-refractivity contribution in [3.63, 3.8) is 0 Å². The van der Waals surface area contributed by atoms with Crippen LogP contribution in [0.2, 0.25) is 0 Å². The van der Waals surface area contributed by atoms with E-state index in [4.69, 9.17) is 4.74 Å². The minimum absolute atomic E-state index is 0.0294. The molecule has 6 heteroatoms. The molecule has 0 amide bonds. The molecule has 88 valence electrons. The molecule has 0 aliphatic heterocycles. The number of carbonyl (C=O) groups is 1. The fourth-order valence-corrected chi connectivity index (χ4v) is 2.40. The van der Waals surface area contributed by atoms with Crippen molar-refractivity contribution in [2.24, 2.45) is 0 Å². The Morgan fingerprint density at radius 1 is 1.44 bits per heavy atom. The lowest BCUT2D eigenvalue weighted by Gasteiger charge is -2.08. The summed E-state index contributed by atoms with van der Waals surface area (Å²) < 4.78 is 27.9. The number of halogens is 1. The number of benzene rings is 1. The lowest BCUT2D eigenvalue weighted by Crippen LogP contribution is -2.05. The number of methoxy groups -OCH3 is 1. The molecule has 0 heterocycles. The van der Waals surface area contributed by atoms with Gasteiger partial charge in [0.1, 0.15) is 10.6 Å². The summed E-state index contributed by atoms with van der Waals surface area (Å²) >= 11 is 3.03. The van der Waals surface area contributed by atoms with E-state index in [2.05, 4.69) is 15.9 Å². The first-order chi connectivity index (χ1) is 7.40. The predicted molar refractivity (Wildman–Crippen MR) is 64.2 cm³/mol. The largest absolute Gasteiger partial charge is 0.495 e. The quantitative estimate of drug-likeness (QED) is 0.627. The van der Waals surface area contributed by atoms with Crippen molar-refractivity contribution in [2.45, 2.75) is 4.90 Å². The number of rotatable bonds is 4. The van der Waals surface area contributed by atoms with Crippen molar-refractivity contribution < 1.29 is 17.9 Å². The number of carbonyl (C=O) groups excluding carboxylic acids is 1. The first-order valence-corrected chi connectivity index (χ1v) is 7.38. The fourth-order valence-electron chi connectivity index (χ4n) is 1.22. The Balaban J connectivity index is 3.39. The molecule has 0 saturated carbocycles. The third-order valence-electron chi connectivity index (χ3n) is 2.01. The van der Waals surface area contributed by atoms with E-state index in [-0.39, 0.29) is 21.8 Å². The third-order valence-corrected chi connectivity index (χ3v) is 3.63. The second-order valence-electron chi connectivity index (χ2n) is 3.19. The molecule has 0 N–H and O–H groups in total. The second-order valence-corrected chi connectivity index (χ2v) is 5.74. The van der Waals surface area contributed by atoms with E-state index in [1.54, 1.807) is 0 Å². The molecule has 4 nitrogen and oxygen atoms in total. The molecule has 1 rings (SSSR count). The van der Waals surface area contributed by atoms with Crippen molar-refractivity contribution in [1.82, 2.24) is 0 Å². The number of Topliss-reactive ketones (excluding diaryl/α,β-unsaturated/α-hetero) is 1. The van der Waals surface area contributed by atoms with Crippen LogP contribution in [-0.4, -0.2) is 32.9 Å². The highest BCUT2D eigenvalue weighted by atomic mass is 79.9. The molecule has 0 radical (unpaired) electrons. The highest BCUT2D eigenvalue weighted by Crippen LogP contribution is 2.25. The van der Waals surface area contributed by atoms with E-state index in [0.717, 1.165) is 6.26 Å². The number of ether oxygens (including phenoxy) is 1. The molecule has 0 spiro atoms. The first-order valence-electron chi connectivity index (χ1n) is 4.37. The molecule has 0 unspecified atom stereocenters. The van der Waals surface area contributed by atoms with E-state index in [0.29, 0.717) is 5.56 Å². The van der Waals surface area contributed by atoms with Crippen LogP contribution in [0.25, 0.3) is 0 Å². The van der Waals surface area contributed by atoms with Gasteiger partial charge in [0, 0.05) is 11.8 Å². The minimum Gasteiger partial charge on any atom is -0.495 e. The summed E-state index contributed by atoms with van der Waals surface area (Å²) in [5, 5.41) is 0.155. The van der Waals surface area contributed by atoms with Crippen LogP contribution >= 0.6 is 15.9 Å². The Morgan fingerprint density at radius 2 is 2.06 bits per heavy atom. The van der Waals surface area contributed by atoms with Crippen LogP contribution in [0.15, 0.2) is 23.1 Å². The number of alkyl halides is 1. The molecule has 0 atom stereocenters. The molecule has 1 aromatic rings. The molecule has 0 fully saturated rings. The van der Waals surface area contributed by atoms with Gasteiger partial charge in [0.15, 0.2) is 15.6 Å². The standard InChI is InChI=1S/C10H11BrO4S/c1-15-9-4-3-7(8(12)6-11)5-10(9)16(2,13)14/h3-5H,6H2,1-2H3. The summed E-state index contributed by atoms with van der Waals surface area (Å²) in [5.74, 6) is 0.0705. The SMILES string of the molecule is COc1ccc(C(=O)CBr)cc1S(C)(=O)=O. The number of sulfone groups is 1. The van der Waals surface area contributed by atoms with Crippen molar-refractivity contribution in [3.8, 4) is 5.75 Å². The Morgan fingerprint density at radius 3 is 2.50 bits per heavy atom. The highest BCUT2D eigenvalue weighted by molar-refractivity contribution is 9.09. The van der Waals surface area contributed by atoms with Gasteiger partial charge in [-0.3, -0.25) is 4.79 Å². The molecular formula is C10H11BrO4S. The molecular weight excluding hydrogens is 296 g/mol. The summed E-state index contributed by atoms with van der Waals surface area (Å²) in [7, 11) is -2.02. The number of hydrogen-bond acceptors (Lipinski definition) is 4. The van der Waals surface area contributed by atoms with Gasteiger partial charge in [-0.15, -0.1) is 0 Å². The van der Waals surface area contributed by atoms with Crippen molar-refractivity contribution in [3.05, 3.63) is 23.8 Å². The summed E-state index contributed by atoms with van der Waals surface area (Å²) in [6.45, 7) is 0. The maximum absolute atomic E-state index is 11.5. The maximum Gasteiger partial charge on any atom is 0.179 e. The lowest BCUT2D eigenvalue weighted by molar-refractivity contribution is 0.102. The topological polar surface area (TPSA) is 60.4 Å². The Labute approximate surface area is 103 Å². The zero-order valence-electron chi connectivity index (χ0n) is 8.86. The smallest absolute Gasteiger partial charge is 0.179 e. The molecule has 0 aliphatic rings.